The Bertz CT molecular complexity index is 640. The molecule has 1 aromatic rings. The van der Waals surface area contributed by atoms with Gasteiger partial charge in [-0.15, -0.1) is 0 Å². The fourth-order valence-corrected chi connectivity index (χ4v) is 4.45. The molecule has 0 amide bonds. The molecule has 0 aromatic carbocycles. The Morgan fingerprint density at radius 2 is 2.00 bits per heavy atom. The number of anilines is 1. The van der Waals surface area contributed by atoms with Crippen molar-refractivity contribution in [2.45, 2.75) is 30.7 Å². The van der Waals surface area contributed by atoms with E-state index in [-0.39, 0.29) is 4.90 Å². The number of nitrogens with zero attached hydrogens (tertiary/aromatic N) is 3. The highest BCUT2D eigenvalue weighted by Gasteiger charge is 2.35. The first-order valence-corrected chi connectivity index (χ1v) is 9.48. The maximum absolute atomic E-state index is 12.7. The molecule has 1 N–H and O–H groups in total. The van der Waals surface area contributed by atoms with Gasteiger partial charge in [-0.2, -0.15) is 4.31 Å². The first-order valence-electron chi connectivity index (χ1n) is 7.66. The van der Waals surface area contributed by atoms with Crippen LogP contribution in [0.15, 0.2) is 17.2 Å². The predicted molar refractivity (Wildman–Crippen MR) is 86.8 cm³/mol. The van der Waals surface area contributed by atoms with Gasteiger partial charge in [0.15, 0.2) is 0 Å². The molecule has 0 atom stereocenters. The summed E-state index contributed by atoms with van der Waals surface area (Å²) in [6, 6.07) is 2.16. The minimum Gasteiger partial charge on any atom is -0.369 e. The van der Waals surface area contributed by atoms with E-state index in [0.29, 0.717) is 36.5 Å². The van der Waals surface area contributed by atoms with E-state index in [1.165, 1.54) is 29.4 Å². The van der Waals surface area contributed by atoms with Gasteiger partial charge in [0.1, 0.15) is 10.7 Å². The highest BCUT2D eigenvalue weighted by atomic mass is 35.5. The molecule has 0 radical (unpaired) electrons. The van der Waals surface area contributed by atoms with E-state index in [1.807, 2.05) is 6.92 Å². The van der Waals surface area contributed by atoms with Crippen LogP contribution < -0.4 is 5.32 Å². The standard InChI is InChI=1S/C14H21ClN4O2S/c1-2-16-14-13(15)9-12(10-17-14)22(20,21)19-7-5-18(6-8-19)11-3-4-11/h9-11H,2-8H2,1H3,(H,16,17). The van der Waals surface area contributed by atoms with Crippen LogP contribution in [0.5, 0.6) is 0 Å². The minimum absolute atomic E-state index is 0.166. The predicted octanol–water partition coefficient (Wildman–Crippen LogP) is 1.64. The number of piperazine rings is 1. The summed E-state index contributed by atoms with van der Waals surface area (Å²) < 4.78 is 26.9. The zero-order valence-electron chi connectivity index (χ0n) is 12.6. The van der Waals surface area contributed by atoms with Crippen molar-refractivity contribution in [1.29, 1.82) is 0 Å². The van der Waals surface area contributed by atoms with Crippen molar-refractivity contribution < 1.29 is 8.42 Å². The van der Waals surface area contributed by atoms with Crippen LogP contribution in [-0.4, -0.2) is 61.4 Å². The molecule has 1 saturated heterocycles. The molecule has 2 fully saturated rings. The van der Waals surface area contributed by atoms with Gasteiger partial charge in [0, 0.05) is 45.0 Å². The lowest BCUT2D eigenvalue weighted by Gasteiger charge is -2.34. The molecule has 6 nitrogen and oxygen atoms in total. The summed E-state index contributed by atoms with van der Waals surface area (Å²) in [7, 11) is -3.51. The van der Waals surface area contributed by atoms with E-state index in [1.54, 1.807) is 0 Å². The average molecular weight is 345 g/mol. The third kappa shape index (κ3) is 3.22. The Kier molecular flexibility index (Phi) is 4.59. The molecule has 2 aliphatic rings. The van der Waals surface area contributed by atoms with Crippen LogP contribution in [0.1, 0.15) is 19.8 Å². The Morgan fingerprint density at radius 1 is 1.32 bits per heavy atom. The molecule has 1 aliphatic heterocycles. The Labute approximate surface area is 136 Å². The molecule has 0 spiro atoms. The average Bonchev–Trinajstić information content (AvgIpc) is 3.34. The molecule has 3 rings (SSSR count). The van der Waals surface area contributed by atoms with Gasteiger partial charge in [-0.1, -0.05) is 11.6 Å². The number of nitrogens with one attached hydrogen (secondary N) is 1. The molecule has 0 unspecified atom stereocenters. The fraction of sp³-hybridized carbons (Fsp3) is 0.643. The number of hydrogen-bond acceptors (Lipinski definition) is 5. The van der Waals surface area contributed by atoms with Gasteiger partial charge in [0.25, 0.3) is 0 Å². The van der Waals surface area contributed by atoms with E-state index in [2.05, 4.69) is 15.2 Å². The number of aromatic nitrogens is 1. The summed E-state index contributed by atoms with van der Waals surface area (Å²) in [6.07, 6.45) is 3.88. The zero-order chi connectivity index (χ0) is 15.7. The molecule has 122 valence electrons. The smallest absolute Gasteiger partial charge is 0.244 e. The highest BCUT2D eigenvalue weighted by molar-refractivity contribution is 7.89. The maximum atomic E-state index is 12.7. The van der Waals surface area contributed by atoms with Gasteiger partial charge in [0.05, 0.1) is 5.02 Å². The van der Waals surface area contributed by atoms with Crippen LogP contribution in [-0.2, 0) is 10.0 Å². The first kappa shape index (κ1) is 16.0. The normalized spacial score (nSPS) is 21.0. The molecular formula is C14H21ClN4O2S. The number of rotatable bonds is 5. The Balaban J connectivity index is 1.73. The van der Waals surface area contributed by atoms with Crippen LogP contribution in [0.3, 0.4) is 0 Å². The SMILES string of the molecule is CCNc1ncc(S(=O)(=O)N2CCN(C3CC3)CC2)cc1Cl. The lowest BCUT2D eigenvalue weighted by molar-refractivity contribution is 0.180. The van der Waals surface area contributed by atoms with Crippen LogP contribution in [0, 0.1) is 0 Å². The molecule has 1 aromatic heterocycles. The fourth-order valence-electron chi connectivity index (χ4n) is 2.76. The second kappa shape index (κ2) is 6.31. The molecule has 1 aliphatic carbocycles. The molecule has 2 heterocycles. The number of sulfonamides is 1. The zero-order valence-corrected chi connectivity index (χ0v) is 14.2. The van der Waals surface area contributed by atoms with Crippen molar-refractivity contribution in [3.05, 3.63) is 17.3 Å². The van der Waals surface area contributed by atoms with Crippen molar-refractivity contribution in [3.63, 3.8) is 0 Å². The van der Waals surface area contributed by atoms with E-state index >= 15 is 0 Å². The number of halogens is 1. The topological polar surface area (TPSA) is 65.5 Å². The second-order valence-corrected chi connectivity index (χ2v) is 8.05. The summed E-state index contributed by atoms with van der Waals surface area (Å²) in [5.74, 6) is 0.515. The quantitative estimate of drug-likeness (QED) is 0.879. The number of pyridine rings is 1. The summed E-state index contributed by atoms with van der Waals surface area (Å²) in [6.45, 7) is 5.29. The van der Waals surface area contributed by atoms with Crippen LogP contribution in [0.4, 0.5) is 5.82 Å². The third-order valence-corrected chi connectivity index (χ3v) is 6.29. The van der Waals surface area contributed by atoms with E-state index in [9.17, 15) is 8.42 Å². The summed E-state index contributed by atoms with van der Waals surface area (Å²) in [4.78, 5) is 6.67. The second-order valence-electron chi connectivity index (χ2n) is 5.70. The molecular weight excluding hydrogens is 324 g/mol. The van der Waals surface area contributed by atoms with Crippen LogP contribution in [0.25, 0.3) is 0 Å². The van der Waals surface area contributed by atoms with Crippen molar-refractivity contribution in [2.75, 3.05) is 38.0 Å². The van der Waals surface area contributed by atoms with E-state index in [0.717, 1.165) is 13.1 Å². The minimum atomic E-state index is -3.51. The van der Waals surface area contributed by atoms with Gasteiger partial charge >= 0.3 is 0 Å². The molecule has 22 heavy (non-hydrogen) atoms. The molecule has 8 heteroatoms. The van der Waals surface area contributed by atoms with Crippen LogP contribution in [0.2, 0.25) is 5.02 Å². The van der Waals surface area contributed by atoms with Gasteiger partial charge in [-0.3, -0.25) is 4.90 Å². The van der Waals surface area contributed by atoms with Gasteiger partial charge < -0.3 is 5.32 Å². The first-order chi connectivity index (χ1) is 10.5. The summed E-state index contributed by atoms with van der Waals surface area (Å²) >= 11 is 6.11. The highest BCUT2D eigenvalue weighted by Crippen LogP contribution is 2.29. The summed E-state index contributed by atoms with van der Waals surface area (Å²) in [5, 5.41) is 3.33. The largest absolute Gasteiger partial charge is 0.369 e. The van der Waals surface area contributed by atoms with Crippen molar-refractivity contribution in [2.24, 2.45) is 0 Å². The third-order valence-electron chi connectivity index (χ3n) is 4.13. The van der Waals surface area contributed by atoms with Crippen molar-refractivity contribution in [1.82, 2.24) is 14.2 Å². The van der Waals surface area contributed by atoms with Crippen LogP contribution >= 0.6 is 11.6 Å². The van der Waals surface area contributed by atoms with Crippen molar-refractivity contribution in [3.8, 4) is 0 Å². The van der Waals surface area contributed by atoms with Gasteiger partial charge in [-0.05, 0) is 25.8 Å². The lowest BCUT2D eigenvalue weighted by Crippen LogP contribution is -2.49. The monoisotopic (exact) mass is 344 g/mol. The van der Waals surface area contributed by atoms with E-state index in [4.69, 9.17) is 11.6 Å². The number of hydrogen-bond donors (Lipinski definition) is 1. The summed E-state index contributed by atoms with van der Waals surface area (Å²) in [5.41, 5.74) is 0. The van der Waals surface area contributed by atoms with Crippen molar-refractivity contribution >= 4 is 27.4 Å². The van der Waals surface area contributed by atoms with Gasteiger partial charge in [0.2, 0.25) is 10.0 Å². The Morgan fingerprint density at radius 3 is 2.55 bits per heavy atom. The van der Waals surface area contributed by atoms with Gasteiger partial charge in [-0.25, -0.2) is 13.4 Å². The maximum Gasteiger partial charge on any atom is 0.244 e. The lowest BCUT2D eigenvalue weighted by atomic mass is 10.3. The Hall–Kier alpha value is -0.890. The molecule has 1 saturated carbocycles. The van der Waals surface area contributed by atoms with E-state index < -0.39 is 10.0 Å². The molecule has 0 bridgehead atoms.